The molecule has 0 amide bonds. The van der Waals surface area contributed by atoms with E-state index in [2.05, 4.69) is 21.2 Å². The Bertz CT molecular complexity index is 943. The SMILES string of the molecule is C(=C\c1nnc(CSc2nc3ccccc3s2)o1)/c1ccccc1. The van der Waals surface area contributed by atoms with Crippen LogP contribution >= 0.6 is 23.1 Å². The van der Waals surface area contributed by atoms with Crippen LogP contribution in [0.2, 0.25) is 0 Å². The van der Waals surface area contributed by atoms with Crippen molar-refractivity contribution < 1.29 is 4.42 Å². The molecule has 118 valence electrons. The Balaban J connectivity index is 1.41. The van der Waals surface area contributed by atoms with E-state index in [0.717, 1.165) is 15.4 Å². The second-order valence-corrected chi connectivity index (χ2v) is 7.27. The standard InChI is InChI=1S/C18H13N3OS2/c1-2-6-13(7-3-1)10-11-16-20-21-17(22-16)12-23-18-19-14-8-4-5-9-15(14)24-18/h1-11H,12H2/b11-10+. The first kappa shape index (κ1) is 15.1. The molecule has 6 heteroatoms. The molecule has 0 radical (unpaired) electrons. The highest BCUT2D eigenvalue weighted by Gasteiger charge is 2.08. The summed E-state index contributed by atoms with van der Waals surface area (Å²) in [4.78, 5) is 4.59. The zero-order valence-corrected chi connectivity index (χ0v) is 14.3. The highest BCUT2D eigenvalue weighted by Crippen LogP contribution is 2.31. The van der Waals surface area contributed by atoms with Gasteiger partial charge in [0.1, 0.15) is 0 Å². The highest BCUT2D eigenvalue weighted by atomic mass is 32.2. The van der Waals surface area contributed by atoms with Crippen molar-refractivity contribution in [3.05, 3.63) is 71.9 Å². The van der Waals surface area contributed by atoms with Gasteiger partial charge in [-0.15, -0.1) is 21.5 Å². The molecular weight excluding hydrogens is 338 g/mol. The molecule has 0 bridgehead atoms. The van der Waals surface area contributed by atoms with Crippen LogP contribution in [0, 0.1) is 0 Å². The maximum Gasteiger partial charge on any atom is 0.240 e. The summed E-state index contributed by atoms with van der Waals surface area (Å²) in [5, 5.41) is 8.14. The summed E-state index contributed by atoms with van der Waals surface area (Å²) < 4.78 is 7.85. The van der Waals surface area contributed by atoms with Crippen LogP contribution in [0.25, 0.3) is 22.4 Å². The Morgan fingerprint density at radius 1 is 0.958 bits per heavy atom. The first-order chi connectivity index (χ1) is 11.9. The maximum atomic E-state index is 5.65. The van der Waals surface area contributed by atoms with Crippen LogP contribution in [0.3, 0.4) is 0 Å². The van der Waals surface area contributed by atoms with Crippen molar-refractivity contribution in [2.24, 2.45) is 0 Å². The Kier molecular flexibility index (Phi) is 4.40. The zero-order valence-electron chi connectivity index (χ0n) is 12.6. The fraction of sp³-hybridized carbons (Fsp3) is 0.0556. The third-order valence-electron chi connectivity index (χ3n) is 3.29. The summed E-state index contributed by atoms with van der Waals surface area (Å²) in [5.41, 5.74) is 2.13. The minimum Gasteiger partial charge on any atom is -0.420 e. The molecule has 0 saturated heterocycles. The van der Waals surface area contributed by atoms with Gasteiger partial charge in [0.05, 0.1) is 16.0 Å². The summed E-state index contributed by atoms with van der Waals surface area (Å²) in [7, 11) is 0. The third-order valence-corrected chi connectivity index (χ3v) is 5.46. The molecule has 0 aliphatic heterocycles. The van der Waals surface area contributed by atoms with Gasteiger partial charge in [0.25, 0.3) is 0 Å². The lowest BCUT2D eigenvalue weighted by Gasteiger charge is -1.91. The quantitative estimate of drug-likeness (QED) is 0.466. The molecule has 0 spiro atoms. The topological polar surface area (TPSA) is 51.8 Å². The normalized spacial score (nSPS) is 11.5. The van der Waals surface area contributed by atoms with Gasteiger partial charge < -0.3 is 4.42 Å². The molecule has 4 nitrogen and oxygen atoms in total. The van der Waals surface area contributed by atoms with Gasteiger partial charge in [-0.2, -0.15) is 0 Å². The summed E-state index contributed by atoms with van der Waals surface area (Å²) in [5.74, 6) is 1.73. The molecule has 0 atom stereocenters. The Morgan fingerprint density at radius 2 is 1.79 bits per heavy atom. The lowest BCUT2D eigenvalue weighted by Crippen LogP contribution is -1.79. The van der Waals surface area contributed by atoms with E-state index in [9.17, 15) is 0 Å². The van der Waals surface area contributed by atoms with Gasteiger partial charge in [-0.25, -0.2) is 4.98 Å². The summed E-state index contributed by atoms with van der Waals surface area (Å²) in [6.07, 6.45) is 3.78. The van der Waals surface area contributed by atoms with Gasteiger partial charge in [-0.1, -0.05) is 54.2 Å². The van der Waals surface area contributed by atoms with Gasteiger partial charge >= 0.3 is 0 Å². The smallest absolute Gasteiger partial charge is 0.240 e. The van der Waals surface area contributed by atoms with Crippen molar-refractivity contribution in [1.29, 1.82) is 0 Å². The largest absolute Gasteiger partial charge is 0.420 e. The number of thiazole rings is 1. The first-order valence-electron chi connectivity index (χ1n) is 7.41. The average molecular weight is 351 g/mol. The number of thioether (sulfide) groups is 1. The second kappa shape index (κ2) is 6.98. The van der Waals surface area contributed by atoms with Crippen LogP contribution in [-0.4, -0.2) is 15.2 Å². The maximum absolute atomic E-state index is 5.65. The van der Waals surface area contributed by atoms with Crippen LogP contribution < -0.4 is 0 Å². The van der Waals surface area contributed by atoms with Gasteiger partial charge in [0.15, 0.2) is 4.34 Å². The molecule has 2 aromatic heterocycles. The number of hydrogen-bond donors (Lipinski definition) is 0. The van der Waals surface area contributed by atoms with Crippen molar-refractivity contribution in [3.8, 4) is 0 Å². The molecule has 0 saturated carbocycles. The second-order valence-electron chi connectivity index (χ2n) is 5.01. The number of para-hydroxylation sites is 1. The van der Waals surface area contributed by atoms with Crippen LogP contribution in [0.5, 0.6) is 0 Å². The van der Waals surface area contributed by atoms with Gasteiger partial charge in [-0.3, -0.25) is 0 Å². The number of rotatable bonds is 5. The van der Waals surface area contributed by atoms with E-state index in [1.54, 1.807) is 23.1 Å². The van der Waals surface area contributed by atoms with E-state index in [0.29, 0.717) is 17.5 Å². The van der Waals surface area contributed by atoms with Crippen molar-refractivity contribution in [3.63, 3.8) is 0 Å². The minimum atomic E-state index is 0.513. The monoisotopic (exact) mass is 351 g/mol. The van der Waals surface area contributed by atoms with Gasteiger partial charge in [0, 0.05) is 6.08 Å². The molecule has 0 unspecified atom stereocenters. The molecular formula is C18H13N3OS2. The Labute approximate surface area is 147 Å². The lowest BCUT2D eigenvalue weighted by atomic mass is 10.2. The third kappa shape index (κ3) is 3.55. The van der Waals surface area contributed by atoms with Gasteiger partial charge in [-0.05, 0) is 23.8 Å². The molecule has 0 aliphatic rings. The summed E-state index contributed by atoms with van der Waals surface area (Å²) in [6, 6.07) is 18.2. The van der Waals surface area contributed by atoms with E-state index >= 15 is 0 Å². The Morgan fingerprint density at radius 3 is 2.67 bits per heavy atom. The number of fused-ring (bicyclic) bond motifs is 1. The molecule has 0 fully saturated rings. The molecule has 2 heterocycles. The zero-order chi connectivity index (χ0) is 16.2. The van der Waals surface area contributed by atoms with Crippen molar-refractivity contribution in [1.82, 2.24) is 15.2 Å². The first-order valence-corrected chi connectivity index (χ1v) is 9.21. The molecule has 4 rings (SSSR count). The molecule has 0 aliphatic carbocycles. The van der Waals surface area contributed by atoms with Crippen LogP contribution in [0.4, 0.5) is 0 Å². The van der Waals surface area contributed by atoms with E-state index in [4.69, 9.17) is 4.42 Å². The van der Waals surface area contributed by atoms with Crippen molar-refractivity contribution in [2.75, 3.05) is 0 Å². The molecule has 24 heavy (non-hydrogen) atoms. The number of nitrogens with zero attached hydrogens (tertiary/aromatic N) is 3. The van der Waals surface area contributed by atoms with Crippen molar-refractivity contribution in [2.45, 2.75) is 10.1 Å². The molecule has 4 aromatic rings. The fourth-order valence-electron chi connectivity index (χ4n) is 2.16. The lowest BCUT2D eigenvalue weighted by molar-refractivity contribution is 0.506. The van der Waals surface area contributed by atoms with E-state index in [-0.39, 0.29) is 0 Å². The fourth-order valence-corrected chi connectivity index (χ4v) is 4.07. The van der Waals surface area contributed by atoms with E-state index < -0.39 is 0 Å². The van der Waals surface area contributed by atoms with E-state index in [1.165, 1.54) is 4.70 Å². The van der Waals surface area contributed by atoms with Crippen LogP contribution in [0.1, 0.15) is 17.3 Å². The number of benzene rings is 2. The predicted molar refractivity (Wildman–Crippen MR) is 98.8 cm³/mol. The summed E-state index contributed by atoms with van der Waals surface area (Å²) >= 11 is 3.29. The Hall–Kier alpha value is -2.44. The van der Waals surface area contributed by atoms with Crippen LogP contribution in [-0.2, 0) is 5.75 Å². The highest BCUT2D eigenvalue weighted by molar-refractivity contribution is 8.00. The van der Waals surface area contributed by atoms with Crippen LogP contribution in [0.15, 0.2) is 63.4 Å². The predicted octanol–water partition coefficient (Wildman–Crippen LogP) is 5.14. The minimum absolute atomic E-state index is 0.513. The number of hydrogen-bond acceptors (Lipinski definition) is 6. The summed E-state index contributed by atoms with van der Waals surface area (Å²) in [6.45, 7) is 0. The number of aromatic nitrogens is 3. The van der Waals surface area contributed by atoms with Crippen molar-refractivity contribution >= 4 is 45.5 Å². The molecule has 2 aromatic carbocycles. The van der Waals surface area contributed by atoms with Gasteiger partial charge in [0.2, 0.25) is 11.8 Å². The van der Waals surface area contributed by atoms with E-state index in [1.807, 2.05) is 60.7 Å². The average Bonchev–Trinajstić information content (AvgIpc) is 3.25. The molecule has 0 N–H and O–H groups in total.